The molecule has 0 saturated heterocycles. The zero-order valence-electron chi connectivity index (χ0n) is 11.0. The van der Waals surface area contributed by atoms with E-state index in [0.29, 0.717) is 29.9 Å². The summed E-state index contributed by atoms with van der Waals surface area (Å²) in [7, 11) is 0. The van der Waals surface area contributed by atoms with E-state index < -0.39 is 11.5 Å². The molecule has 2 aromatic rings. The van der Waals surface area contributed by atoms with Gasteiger partial charge in [0, 0.05) is 6.20 Å². The van der Waals surface area contributed by atoms with E-state index in [2.05, 4.69) is 15.5 Å². The van der Waals surface area contributed by atoms with Crippen LogP contribution in [0.1, 0.15) is 35.4 Å². The van der Waals surface area contributed by atoms with Crippen molar-refractivity contribution in [2.24, 2.45) is 0 Å². The van der Waals surface area contributed by atoms with Crippen LogP contribution in [0.3, 0.4) is 0 Å². The van der Waals surface area contributed by atoms with Gasteiger partial charge in [0.25, 0.3) is 5.91 Å². The molecule has 104 valence electrons. The van der Waals surface area contributed by atoms with Crippen molar-refractivity contribution >= 4 is 17.5 Å². The summed E-state index contributed by atoms with van der Waals surface area (Å²) in [6.07, 6.45) is 3.38. The fourth-order valence-corrected chi connectivity index (χ4v) is 2.35. The number of carbonyl (C=O) groups excluding carboxylic acids is 1. The lowest BCUT2D eigenvalue weighted by molar-refractivity contribution is -0.148. The minimum Gasteiger partial charge on any atom is -0.480 e. The summed E-state index contributed by atoms with van der Waals surface area (Å²) in [6.45, 7) is 1.78. The first-order valence-corrected chi connectivity index (χ1v) is 6.39. The van der Waals surface area contributed by atoms with Crippen molar-refractivity contribution in [3.05, 3.63) is 29.7 Å². The summed E-state index contributed by atoms with van der Waals surface area (Å²) in [4.78, 5) is 23.5. The second-order valence-electron chi connectivity index (χ2n) is 5.09. The van der Waals surface area contributed by atoms with Gasteiger partial charge in [-0.2, -0.15) is 0 Å². The standard InChI is InChI=1S/C13H14N4O3/c1-8-15-16-10-4-3-9(7-17(8)10)11(18)14-13(12(19)20)5-2-6-13/h3-4,7H,2,5-6H2,1H3,(H,14,18)(H,19,20). The van der Waals surface area contributed by atoms with E-state index >= 15 is 0 Å². The van der Waals surface area contributed by atoms with Crippen LogP contribution >= 0.6 is 0 Å². The third-order valence-corrected chi connectivity index (χ3v) is 3.80. The van der Waals surface area contributed by atoms with Crippen LogP contribution in [0.2, 0.25) is 0 Å². The van der Waals surface area contributed by atoms with Gasteiger partial charge in [-0.15, -0.1) is 10.2 Å². The molecular formula is C13H14N4O3. The van der Waals surface area contributed by atoms with Gasteiger partial charge in [0.1, 0.15) is 11.4 Å². The first-order chi connectivity index (χ1) is 9.52. The second kappa shape index (κ2) is 4.29. The SMILES string of the molecule is Cc1nnc2ccc(C(=O)NC3(C(=O)O)CCC3)cn12. The molecule has 7 nitrogen and oxygen atoms in total. The largest absolute Gasteiger partial charge is 0.480 e. The second-order valence-corrected chi connectivity index (χ2v) is 5.09. The summed E-state index contributed by atoms with van der Waals surface area (Å²) in [6, 6.07) is 3.30. The molecular weight excluding hydrogens is 260 g/mol. The number of carbonyl (C=O) groups is 2. The number of rotatable bonds is 3. The molecule has 3 rings (SSSR count). The van der Waals surface area contributed by atoms with Gasteiger partial charge in [0.05, 0.1) is 5.56 Å². The Hall–Kier alpha value is -2.44. The van der Waals surface area contributed by atoms with Crippen molar-refractivity contribution < 1.29 is 14.7 Å². The van der Waals surface area contributed by atoms with Crippen LogP contribution < -0.4 is 5.32 Å². The molecule has 0 spiro atoms. The lowest BCUT2D eigenvalue weighted by Crippen LogP contribution is -2.59. The van der Waals surface area contributed by atoms with Crippen LogP contribution in [0, 0.1) is 6.92 Å². The maximum Gasteiger partial charge on any atom is 0.329 e. The lowest BCUT2D eigenvalue weighted by Gasteiger charge is -2.38. The maximum atomic E-state index is 12.2. The van der Waals surface area contributed by atoms with Crippen LogP contribution in [0.5, 0.6) is 0 Å². The molecule has 7 heteroatoms. The minimum atomic E-state index is -1.10. The van der Waals surface area contributed by atoms with Crippen LogP contribution in [-0.2, 0) is 4.79 Å². The molecule has 2 heterocycles. The third-order valence-electron chi connectivity index (χ3n) is 3.80. The molecule has 2 aromatic heterocycles. The molecule has 0 aromatic carbocycles. The number of fused-ring (bicyclic) bond motifs is 1. The molecule has 0 unspecified atom stereocenters. The van der Waals surface area contributed by atoms with Crippen molar-refractivity contribution in [3.8, 4) is 0 Å². The van der Waals surface area contributed by atoms with Gasteiger partial charge in [0.15, 0.2) is 5.65 Å². The molecule has 0 radical (unpaired) electrons. The van der Waals surface area contributed by atoms with Gasteiger partial charge in [-0.05, 0) is 38.3 Å². The fraction of sp³-hybridized carbons (Fsp3) is 0.385. The number of aromatic nitrogens is 3. The Balaban J connectivity index is 1.88. The highest BCUT2D eigenvalue weighted by Gasteiger charge is 2.45. The zero-order valence-corrected chi connectivity index (χ0v) is 11.0. The van der Waals surface area contributed by atoms with E-state index in [4.69, 9.17) is 0 Å². The molecule has 0 bridgehead atoms. The third kappa shape index (κ3) is 1.82. The fourth-order valence-electron chi connectivity index (χ4n) is 2.35. The van der Waals surface area contributed by atoms with Crippen LogP contribution in [0.25, 0.3) is 5.65 Å². The Morgan fingerprint density at radius 3 is 2.70 bits per heavy atom. The molecule has 0 aliphatic heterocycles. The number of nitrogens with one attached hydrogen (secondary N) is 1. The normalized spacial score (nSPS) is 16.6. The van der Waals surface area contributed by atoms with Gasteiger partial charge in [-0.3, -0.25) is 9.20 Å². The Bertz CT molecular complexity index is 703. The van der Waals surface area contributed by atoms with Crippen molar-refractivity contribution in [1.29, 1.82) is 0 Å². The summed E-state index contributed by atoms with van der Waals surface area (Å²) >= 11 is 0. The first kappa shape index (κ1) is 12.6. The average Bonchev–Trinajstić information content (AvgIpc) is 2.74. The first-order valence-electron chi connectivity index (χ1n) is 6.39. The summed E-state index contributed by atoms with van der Waals surface area (Å²) in [5.74, 6) is -0.688. The highest BCUT2D eigenvalue weighted by molar-refractivity contribution is 5.98. The van der Waals surface area contributed by atoms with E-state index in [1.165, 1.54) is 0 Å². The van der Waals surface area contributed by atoms with Gasteiger partial charge in [-0.1, -0.05) is 0 Å². The van der Waals surface area contributed by atoms with E-state index in [1.54, 1.807) is 29.7 Å². The van der Waals surface area contributed by atoms with Gasteiger partial charge in [-0.25, -0.2) is 4.79 Å². The average molecular weight is 274 g/mol. The van der Waals surface area contributed by atoms with Crippen molar-refractivity contribution in [2.75, 3.05) is 0 Å². The van der Waals surface area contributed by atoms with Gasteiger partial charge in [0.2, 0.25) is 0 Å². The number of carboxylic acid groups (broad SMARTS) is 1. The van der Waals surface area contributed by atoms with Crippen LogP contribution in [0.4, 0.5) is 0 Å². The molecule has 1 aliphatic rings. The molecule has 0 atom stereocenters. The van der Waals surface area contributed by atoms with Crippen LogP contribution in [-0.4, -0.2) is 37.1 Å². The molecule has 2 N–H and O–H groups in total. The number of aryl methyl sites for hydroxylation is 1. The van der Waals surface area contributed by atoms with E-state index in [1.807, 2.05) is 0 Å². The van der Waals surface area contributed by atoms with Crippen molar-refractivity contribution in [1.82, 2.24) is 19.9 Å². The highest BCUT2D eigenvalue weighted by atomic mass is 16.4. The molecule has 20 heavy (non-hydrogen) atoms. The van der Waals surface area contributed by atoms with E-state index in [-0.39, 0.29) is 5.91 Å². The van der Waals surface area contributed by atoms with E-state index in [9.17, 15) is 14.7 Å². The predicted octanol–water partition coefficient (Wildman–Crippen LogP) is 0.775. The lowest BCUT2D eigenvalue weighted by atomic mass is 9.76. The predicted molar refractivity (Wildman–Crippen MR) is 69.4 cm³/mol. The Morgan fingerprint density at radius 1 is 1.35 bits per heavy atom. The van der Waals surface area contributed by atoms with Crippen molar-refractivity contribution in [3.63, 3.8) is 0 Å². The number of pyridine rings is 1. The number of nitrogens with zero attached hydrogens (tertiary/aromatic N) is 3. The van der Waals surface area contributed by atoms with Crippen LogP contribution in [0.15, 0.2) is 18.3 Å². The Morgan fingerprint density at radius 2 is 2.10 bits per heavy atom. The Labute approximate surface area is 114 Å². The summed E-state index contributed by atoms with van der Waals surface area (Å²) in [5.41, 5.74) is -0.0579. The number of aliphatic carboxylic acids is 1. The number of amides is 1. The summed E-state index contributed by atoms with van der Waals surface area (Å²) < 4.78 is 1.70. The maximum absolute atomic E-state index is 12.2. The van der Waals surface area contributed by atoms with E-state index in [0.717, 1.165) is 6.42 Å². The quantitative estimate of drug-likeness (QED) is 0.862. The number of hydrogen-bond acceptors (Lipinski definition) is 4. The highest BCUT2D eigenvalue weighted by Crippen LogP contribution is 2.32. The molecule has 1 saturated carbocycles. The number of hydrogen-bond donors (Lipinski definition) is 2. The zero-order chi connectivity index (χ0) is 14.3. The Kier molecular flexibility index (Phi) is 2.70. The van der Waals surface area contributed by atoms with Gasteiger partial charge >= 0.3 is 5.97 Å². The topological polar surface area (TPSA) is 96.6 Å². The van der Waals surface area contributed by atoms with Gasteiger partial charge < -0.3 is 10.4 Å². The van der Waals surface area contributed by atoms with Crippen molar-refractivity contribution in [2.45, 2.75) is 31.7 Å². The smallest absolute Gasteiger partial charge is 0.329 e. The molecule has 1 fully saturated rings. The molecule has 1 amide bonds. The number of carboxylic acids is 1. The molecule has 1 aliphatic carbocycles. The minimum absolute atomic E-state index is 0.387. The summed E-state index contributed by atoms with van der Waals surface area (Å²) in [5, 5.41) is 19.7. The monoisotopic (exact) mass is 274 g/mol.